The Balaban J connectivity index is 3.71. The van der Waals surface area contributed by atoms with Crippen LogP contribution in [0.4, 0.5) is 0 Å². The molecule has 0 spiro atoms. The van der Waals surface area contributed by atoms with Gasteiger partial charge in [0, 0.05) is 13.2 Å². The molecule has 6 heteroatoms. The van der Waals surface area contributed by atoms with Crippen LogP contribution in [0.1, 0.15) is 33.6 Å². The third-order valence-corrected chi connectivity index (χ3v) is 2.31. The fraction of sp³-hybridized carbons (Fsp3) is 0.833. The van der Waals surface area contributed by atoms with E-state index in [2.05, 4.69) is 10.6 Å². The summed E-state index contributed by atoms with van der Waals surface area (Å²) in [7, 11) is 0. The normalized spacial score (nSPS) is 12.3. The molecule has 6 nitrogen and oxygen atoms in total. The van der Waals surface area contributed by atoms with Crippen molar-refractivity contribution in [3.8, 4) is 0 Å². The Labute approximate surface area is 108 Å². The van der Waals surface area contributed by atoms with Gasteiger partial charge in [-0.05, 0) is 26.7 Å². The summed E-state index contributed by atoms with van der Waals surface area (Å²) < 4.78 is 5.30. The summed E-state index contributed by atoms with van der Waals surface area (Å²) in [6.45, 7) is 6.47. The van der Waals surface area contributed by atoms with Gasteiger partial charge in [-0.3, -0.25) is 9.59 Å². The molecule has 2 amide bonds. The largest absolute Gasteiger partial charge is 0.394 e. The quantitative estimate of drug-likeness (QED) is 0.417. The molecule has 0 aliphatic rings. The van der Waals surface area contributed by atoms with Gasteiger partial charge >= 0.3 is 11.8 Å². The summed E-state index contributed by atoms with van der Waals surface area (Å²) >= 11 is 0. The minimum Gasteiger partial charge on any atom is -0.394 e. The average Bonchev–Trinajstić information content (AvgIpc) is 2.34. The van der Waals surface area contributed by atoms with Crippen LogP contribution in [0.15, 0.2) is 0 Å². The first-order valence-corrected chi connectivity index (χ1v) is 6.32. The number of aliphatic hydroxyl groups excluding tert-OH is 1. The lowest BCUT2D eigenvalue weighted by molar-refractivity contribution is -0.139. The molecule has 106 valence electrons. The smallest absolute Gasteiger partial charge is 0.309 e. The molecule has 0 saturated heterocycles. The summed E-state index contributed by atoms with van der Waals surface area (Å²) in [6.07, 6.45) is 1.41. The molecule has 3 N–H and O–H groups in total. The first kappa shape index (κ1) is 16.9. The zero-order chi connectivity index (χ0) is 14.0. The fourth-order valence-corrected chi connectivity index (χ4v) is 1.20. The van der Waals surface area contributed by atoms with Gasteiger partial charge in [-0.2, -0.15) is 0 Å². The molecule has 18 heavy (non-hydrogen) atoms. The van der Waals surface area contributed by atoms with Crippen LogP contribution in [-0.2, 0) is 14.3 Å². The number of carbonyl (C=O) groups is 2. The van der Waals surface area contributed by atoms with Gasteiger partial charge < -0.3 is 20.5 Å². The molecule has 0 heterocycles. The van der Waals surface area contributed by atoms with Crippen molar-refractivity contribution in [2.45, 2.75) is 45.8 Å². The topological polar surface area (TPSA) is 87.7 Å². The second kappa shape index (κ2) is 9.85. The lowest BCUT2D eigenvalue weighted by atomic mass is 10.2. The first-order chi connectivity index (χ1) is 8.51. The summed E-state index contributed by atoms with van der Waals surface area (Å²) in [5.74, 6) is -1.38. The number of aliphatic hydroxyl groups is 1. The molecule has 0 aromatic carbocycles. The van der Waals surface area contributed by atoms with E-state index in [1.807, 2.05) is 20.8 Å². The van der Waals surface area contributed by atoms with Crippen molar-refractivity contribution < 1.29 is 19.4 Å². The Hall–Kier alpha value is -1.14. The predicted octanol–water partition coefficient (Wildman–Crippen LogP) is -0.195. The van der Waals surface area contributed by atoms with Crippen molar-refractivity contribution in [3.63, 3.8) is 0 Å². The molecule has 0 saturated carbocycles. The number of rotatable bonds is 8. The Bertz CT molecular complexity index is 252. The van der Waals surface area contributed by atoms with Gasteiger partial charge in [0.1, 0.15) is 0 Å². The molecular formula is C12H24N2O4. The fourth-order valence-electron chi connectivity index (χ4n) is 1.20. The zero-order valence-corrected chi connectivity index (χ0v) is 11.4. The van der Waals surface area contributed by atoms with E-state index >= 15 is 0 Å². The molecule has 0 aromatic rings. The van der Waals surface area contributed by atoms with Gasteiger partial charge in [-0.1, -0.05) is 6.92 Å². The van der Waals surface area contributed by atoms with Crippen LogP contribution < -0.4 is 10.6 Å². The van der Waals surface area contributed by atoms with Gasteiger partial charge in [-0.15, -0.1) is 0 Å². The zero-order valence-electron chi connectivity index (χ0n) is 11.4. The standard InChI is InChI=1S/C12H24N2O4/c1-4-10(8-15)14-12(17)11(16)13-6-5-7-18-9(2)3/h9-10,15H,4-8H2,1-3H3,(H,13,16)(H,14,17)/t10-/m0/s1. The van der Waals surface area contributed by atoms with E-state index in [-0.39, 0.29) is 18.8 Å². The number of carbonyl (C=O) groups excluding carboxylic acids is 2. The van der Waals surface area contributed by atoms with Gasteiger partial charge in [0.2, 0.25) is 0 Å². The van der Waals surface area contributed by atoms with E-state index in [9.17, 15) is 9.59 Å². The van der Waals surface area contributed by atoms with E-state index in [0.29, 0.717) is 26.0 Å². The minimum atomic E-state index is -0.708. The Morgan fingerprint density at radius 1 is 1.28 bits per heavy atom. The average molecular weight is 260 g/mol. The van der Waals surface area contributed by atoms with E-state index in [1.54, 1.807) is 0 Å². The van der Waals surface area contributed by atoms with E-state index in [4.69, 9.17) is 9.84 Å². The summed E-state index contributed by atoms with van der Waals surface area (Å²) in [5, 5.41) is 13.8. The van der Waals surface area contributed by atoms with Crippen molar-refractivity contribution in [2.24, 2.45) is 0 Å². The molecule has 0 radical (unpaired) electrons. The molecule has 0 bridgehead atoms. The summed E-state index contributed by atoms with van der Waals surface area (Å²) in [4.78, 5) is 22.7. The maximum Gasteiger partial charge on any atom is 0.309 e. The van der Waals surface area contributed by atoms with Crippen LogP contribution in [0.25, 0.3) is 0 Å². The van der Waals surface area contributed by atoms with Crippen LogP contribution in [0.2, 0.25) is 0 Å². The highest BCUT2D eigenvalue weighted by molar-refractivity contribution is 6.35. The van der Waals surface area contributed by atoms with Crippen LogP contribution in [-0.4, -0.2) is 48.8 Å². The Morgan fingerprint density at radius 3 is 2.44 bits per heavy atom. The maximum atomic E-state index is 11.4. The highest BCUT2D eigenvalue weighted by Crippen LogP contribution is 1.90. The number of hydrogen-bond donors (Lipinski definition) is 3. The van der Waals surface area contributed by atoms with Crippen LogP contribution >= 0.6 is 0 Å². The molecule has 0 aliphatic heterocycles. The van der Waals surface area contributed by atoms with Crippen molar-refractivity contribution >= 4 is 11.8 Å². The van der Waals surface area contributed by atoms with Gasteiger partial charge in [0.15, 0.2) is 0 Å². The number of nitrogens with one attached hydrogen (secondary N) is 2. The lowest BCUT2D eigenvalue weighted by Crippen LogP contribution is -2.46. The van der Waals surface area contributed by atoms with Crippen molar-refractivity contribution in [2.75, 3.05) is 19.8 Å². The second-order valence-electron chi connectivity index (χ2n) is 4.29. The van der Waals surface area contributed by atoms with Gasteiger partial charge in [0.05, 0.1) is 18.8 Å². The summed E-state index contributed by atoms with van der Waals surface area (Å²) in [5.41, 5.74) is 0. The number of hydrogen-bond acceptors (Lipinski definition) is 4. The van der Waals surface area contributed by atoms with E-state index < -0.39 is 11.8 Å². The predicted molar refractivity (Wildman–Crippen MR) is 68.0 cm³/mol. The highest BCUT2D eigenvalue weighted by Gasteiger charge is 2.16. The van der Waals surface area contributed by atoms with Crippen molar-refractivity contribution in [1.29, 1.82) is 0 Å². The molecule has 0 aliphatic carbocycles. The molecule has 0 fully saturated rings. The second-order valence-corrected chi connectivity index (χ2v) is 4.29. The van der Waals surface area contributed by atoms with Gasteiger partial charge in [-0.25, -0.2) is 0 Å². The van der Waals surface area contributed by atoms with Gasteiger partial charge in [0.25, 0.3) is 0 Å². The van der Waals surface area contributed by atoms with Crippen LogP contribution in [0, 0.1) is 0 Å². The molecule has 0 rings (SSSR count). The molecule has 1 atom stereocenters. The SMILES string of the molecule is CC[C@@H](CO)NC(=O)C(=O)NCCCOC(C)C. The Kier molecular flexibility index (Phi) is 9.22. The molecule has 0 unspecified atom stereocenters. The number of amides is 2. The maximum absolute atomic E-state index is 11.4. The minimum absolute atomic E-state index is 0.166. The third kappa shape index (κ3) is 8.03. The Morgan fingerprint density at radius 2 is 1.94 bits per heavy atom. The van der Waals surface area contributed by atoms with E-state index in [1.165, 1.54) is 0 Å². The lowest BCUT2D eigenvalue weighted by Gasteiger charge is -2.13. The number of ether oxygens (including phenoxy) is 1. The van der Waals surface area contributed by atoms with Crippen LogP contribution in [0.5, 0.6) is 0 Å². The monoisotopic (exact) mass is 260 g/mol. The van der Waals surface area contributed by atoms with Crippen molar-refractivity contribution in [1.82, 2.24) is 10.6 Å². The molecule has 0 aromatic heterocycles. The molecular weight excluding hydrogens is 236 g/mol. The van der Waals surface area contributed by atoms with E-state index in [0.717, 1.165) is 0 Å². The van der Waals surface area contributed by atoms with Crippen LogP contribution in [0.3, 0.4) is 0 Å². The van der Waals surface area contributed by atoms with Crippen molar-refractivity contribution in [3.05, 3.63) is 0 Å². The first-order valence-electron chi connectivity index (χ1n) is 6.32. The third-order valence-electron chi connectivity index (χ3n) is 2.31. The summed E-state index contributed by atoms with van der Waals surface area (Å²) in [6, 6.07) is -0.368. The highest BCUT2D eigenvalue weighted by atomic mass is 16.5.